The number of benzene rings is 1. The van der Waals surface area contributed by atoms with Crippen molar-refractivity contribution < 1.29 is 14.6 Å². The Hall–Kier alpha value is -1.35. The van der Waals surface area contributed by atoms with Crippen LogP contribution in [-0.4, -0.2) is 22.6 Å². The van der Waals surface area contributed by atoms with Crippen LogP contribution in [0, 0.1) is 0 Å². The van der Waals surface area contributed by atoms with Gasteiger partial charge in [0.05, 0.1) is 6.10 Å². The Balaban J connectivity index is 1.79. The highest BCUT2D eigenvalue weighted by atomic mass is 16.5. The van der Waals surface area contributed by atoms with Crippen LogP contribution >= 0.6 is 0 Å². The van der Waals surface area contributed by atoms with Gasteiger partial charge in [-0.2, -0.15) is 0 Å². The molecule has 1 N–H and O–H groups in total. The van der Waals surface area contributed by atoms with Crippen LogP contribution in [0.25, 0.3) is 0 Å². The summed E-state index contributed by atoms with van der Waals surface area (Å²) >= 11 is 0. The number of hydrogen-bond donors (Lipinski definition) is 1. The van der Waals surface area contributed by atoms with Crippen LogP contribution in [0.1, 0.15) is 48.9 Å². The average molecular weight is 246 g/mol. The lowest BCUT2D eigenvalue weighted by atomic mass is 9.91. The molecule has 0 saturated heterocycles. The van der Waals surface area contributed by atoms with Crippen molar-refractivity contribution in [2.75, 3.05) is 0 Å². The SMILES string of the molecule is O=C(c1cccc(OC2CC2)c1)C1(O)CCCC1. The Morgan fingerprint density at radius 2 is 2.00 bits per heavy atom. The van der Waals surface area contributed by atoms with Crippen LogP contribution < -0.4 is 4.74 Å². The van der Waals surface area contributed by atoms with Crippen molar-refractivity contribution >= 4 is 5.78 Å². The quantitative estimate of drug-likeness (QED) is 0.831. The van der Waals surface area contributed by atoms with Gasteiger partial charge in [-0.1, -0.05) is 12.1 Å². The van der Waals surface area contributed by atoms with Gasteiger partial charge in [0, 0.05) is 5.56 Å². The molecule has 1 aromatic rings. The highest BCUT2D eigenvalue weighted by Gasteiger charge is 2.39. The first kappa shape index (κ1) is 11.7. The van der Waals surface area contributed by atoms with E-state index in [1.54, 1.807) is 12.1 Å². The number of Topliss-reactive ketones (excluding diaryl/α,β-unsaturated/α-hetero) is 1. The minimum absolute atomic E-state index is 0.152. The molecule has 0 unspecified atom stereocenters. The average Bonchev–Trinajstić information content (AvgIpc) is 3.08. The Labute approximate surface area is 107 Å². The van der Waals surface area contributed by atoms with Crippen LogP contribution in [0.2, 0.25) is 0 Å². The molecule has 2 saturated carbocycles. The first-order valence-corrected chi connectivity index (χ1v) is 6.71. The highest BCUT2D eigenvalue weighted by molar-refractivity contribution is 6.02. The molecule has 2 aliphatic rings. The zero-order chi connectivity index (χ0) is 12.6. The van der Waals surface area contributed by atoms with E-state index in [0.717, 1.165) is 31.4 Å². The van der Waals surface area contributed by atoms with Crippen LogP contribution in [0.15, 0.2) is 24.3 Å². The lowest BCUT2D eigenvalue weighted by Crippen LogP contribution is -2.35. The van der Waals surface area contributed by atoms with E-state index in [4.69, 9.17) is 4.74 Å². The number of rotatable bonds is 4. The maximum absolute atomic E-state index is 12.3. The first-order valence-electron chi connectivity index (χ1n) is 6.71. The molecule has 0 atom stereocenters. The van der Waals surface area contributed by atoms with Crippen molar-refractivity contribution in [3.8, 4) is 5.75 Å². The van der Waals surface area contributed by atoms with Gasteiger partial charge in [0.1, 0.15) is 11.4 Å². The molecule has 2 aliphatic carbocycles. The fourth-order valence-corrected chi connectivity index (χ4v) is 2.54. The molecule has 0 radical (unpaired) electrons. The van der Waals surface area contributed by atoms with Gasteiger partial charge in [0.2, 0.25) is 0 Å². The summed E-state index contributed by atoms with van der Waals surface area (Å²) in [5, 5.41) is 10.3. The number of hydrogen-bond acceptors (Lipinski definition) is 3. The predicted octanol–water partition coefficient (Wildman–Crippen LogP) is 2.72. The van der Waals surface area contributed by atoms with Gasteiger partial charge in [-0.05, 0) is 50.7 Å². The number of ketones is 1. The summed E-state index contributed by atoms with van der Waals surface area (Å²) in [5.41, 5.74) is -0.573. The first-order chi connectivity index (χ1) is 8.67. The van der Waals surface area contributed by atoms with Crippen molar-refractivity contribution in [2.45, 2.75) is 50.2 Å². The standard InChI is InChI=1S/C15H18O3/c16-14(15(17)8-1-2-9-15)11-4-3-5-13(10-11)18-12-6-7-12/h3-5,10,12,17H,1-2,6-9H2. The van der Waals surface area contributed by atoms with E-state index in [1.165, 1.54) is 0 Å². The van der Waals surface area contributed by atoms with E-state index in [-0.39, 0.29) is 5.78 Å². The van der Waals surface area contributed by atoms with Crippen molar-refractivity contribution in [1.82, 2.24) is 0 Å². The Bertz CT molecular complexity index is 457. The molecule has 0 bridgehead atoms. The summed E-state index contributed by atoms with van der Waals surface area (Å²) in [7, 11) is 0. The topological polar surface area (TPSA) is 46.5 Å². The Kier molecular flexibility index (Phi) is 2.86. The van der Waals surface area contributed by atoms with Crippen LogP contribution in [0.4, 0.5) is 0 Å². The van der Waals surface area contributed by atoms with Crippen molar-refractivity contribution in [1.29, 1.82) is 0 Å². The van der Waals surface area contributed by atoms with Gasteiger partial charge < -0.3 is 9.84 Å². The monoisotopic (exact) mass is 246 g/mol. The van der Waals surface area contributed by atoms with Gasteiger partial charge in [-0.15, -0.1) is 0 Å². The number of carbonyl (C=O) groups is 1. The summed E-state index contributed by atoms with van der Waals surface area (Å²) in [6.07, 6.45) is 5.55. The second-order valence-electron chi connectivity index (χ2n) is 5.41. The molecule has 18 heavy (non-hydrogen) atoms. The summed E-state index contributed by atoms with van der Waals surface area (Å²) in [6, 6.07) is 7.21. The third-order valence-corrected chi connectivity index (χ3v) is 3.78. The molecule has 3 heteroatoms. The van der Waals surface area contributed by atoms with Gasteiger partial charge in [-0.25, -0.2) is 0 Å². The summed E-state index contributed by atoms with van der Waals surface area (Å²) in [4.78, 5) is 12.3. The molecule has 0 amide bonds. The smallest absolute Gasteiger partial charge is 0.194 e. The molecule has 0 heterocycles. The normalized spacial score (nSPS) is 21.8. The van der Waals surface area contributed by atoms with E-state index in [1.807, 2.05) is 12.1 Å². The second kappa shape index (κ2) is 4.39. The lowest BCUT2D eigenvalue weighted by Gasteiger charge is -2.20. The molecule has 3 nitrogen and oxygen atoms in total. The Morgan fingerprint density at radius 3 is 2.67 bits per heavy atom. The fraction of sp³-hybridized carbons (Fsp3) is 0.533. The maximum Gasteiger partial charge on any atom is 0.194 e. The predicted molar refractivity (Wildman–Crippen MR) is 67.8 cm³/mol. The molecule has 0 spiro atoms. The summed E-state index contributed by atoms with van der Waals surface area (Å²) in [5.74, 6) is 0.589. The number of aliphatic hydroxyl groups is 1. The molecule has 0 aromatic heterocycles. The maximum atomic E-state index is 12.3. The zero-order valence-electron chi connectivity index (χ0n) is 10.4. The largest absolute Gasteiger partial charge is 0.490 e. The molecule has 96 valence electrons. The molecular weight excluding hydrogens is 228 g/mol. The van der Waals surface area contributed by atoms with Crippen molar-refractivity contribution in [3.63, 3.8) is 0 Å². The van der Waals surface area contributed by atoms with Crippen LogP contribution in [0.5, 0.6) is 5.75 Å². The molecule has 2 fully saturated rings. The minimum atomic E-state index is -1.14. The van der Waals surface area contributed by atoms with E-state index < -0.39 is 5.60 Å². The Morgan fingerprint density at radius 1 is 1.28 bits per heavy atom. The van der Waals surface area contributed by atoms with E-state index >= 15 is 0 Å². The van der Waals surface area contributed by atoms with E-state index in [9.17, 15) is 9.90 Å². The number of ether oxygens (including phenoxy) is 1. The van der Waals surface area contributed by atoms with Gasteiger partial charge in [0.15, 0.2) is 5.78 Å². The fourth-order valence-electron chi connectivity index (χ4n) is 2.54. The van der Waals surface area contributed by atoms with Crippen molar-refractivity contribution in [2.24, 2.45) is 0 Å². The third kappa shape index (κ3) is 2.27. The third-order valence-electron chi connectivity index (χ3n) is 3.78. The van der Waals surface area contributed by atoms with Gasteiger partial charge >= 0.3 is 0 Å². The molecular formula is C15H18O3. The van der Waals surface area contributed by atoms with E-state index in [2.05, 4.69) is 0 Å². The van der Waals surface area contributed by atoms with Crippen molar-refractivity contribution in [3.05, 3.63) is 29.8 Å². The molecule has 3 rings (SSSR count). The summed E-state index contributed by atoms with van der Waals surface area (Å²) in [6.45, 7) is 0. The van der Waals surface area contributed by atoms with Crippen LogP contribution in [-0.2, 0) is 0 Å². The molecule has 0 aliphatic heterocycles. The molecule has 1 aromatic carbocycles. The minimum Gasteiger partial charge on any atom is -0.490 e. The zero-order valence-corrected chi connectivity index (χ0v) is 10.4. The van der Waals surface area contributed by atoms with Gasteiger partial charge in [-0.3, -0.25) is 4.79 Å². The van der Waals surface area contributed by atoms with Gasteiger partial charge in [0.25, 0.3) is 0 Å². The lowest BCUT2D eigenvalue weighted by molar-refractivity contribution is 0.0353. The summed E-state index contributed by atoms with van der Waals surface area (Å²) < 4.78 is 5.68. The van der Waals surface area contributed by atoms with E-state index in [0.29, 0.717) is 24.5 Å². The highest BCUT2D eigenvalue weighted by Crippen LogP contribution is 2.34. The van der Waals surface area contributed by atoms with Crippen LogP contribution in [0.3, 0.4) is 0 Å². The number of carbonyl (C=O) groups excluding carboxylic acids is 1. The second-order valence-corrected chi connectivity index (χ2v) is 5.41.